The molecule has 0 aliphatic heterocycles. The summed E-state index contributed by atoms with van der Waals surface area (Å²) in [6.45, 7) is 0.899. The number of fused-ring (bicyclic) bond motifs is 2. The molecule has 0 amide bonds. The fourth-order valence-corrected chi connectivity index (χ4v) is 4.78. The molecule has 5 unspecified atom stereocenters. The van der Waals surface area contributed by atoms with E-state index < -0.39 is 0 Å². The average Bonchev–Trinajstić information content (AvgIpc) is 3.02. The minimum Gasteiger partial charge on any atom is -0.330 e. The van der Waals surface area contributed by atoms with Crippen LogP contribution in [0.2, 0.25) is 0 Å². The molecule has 3 rings (SSSR count). The summed E-state index contributed by atoms with van der Waals surface area (Å²) in [4.78, 5) is 2.73. The van der Waals surface area contributed by atoms with E-state index in [1.54, 1.807) is 0 Å². The molecule has 0 radical (unpaired) electrons. The molecule has 3 aliphatic rings. The fourth-order valence-electron chi connectivity index (χ4n) is 4.78. The van der Waals surface area contributed by atoms with Crippen LogP contribution in [0.25, 0.3) is 0 Å². The lowest BCUT2D eigenvalue weighted by Crippen LogP contribution is -2.46. The molecule has 3 fully saturated rings. The maximum atomic E-state index is 5.91. The van der Waals surface area contributed by atoms with Crippen molar-refractivity contribution in [2.45, 2.75) is 57.0 Å². The normalized spacial score (nSPS) is 47.1. The molecule has 0 saturated heterocycles. The van der Waals surface area contributed by atoms with Crippen molar-refractivity contribution in [2.24, 2.45) is 23.5 Å². The number of nitrogens with two attached hydrogens (primary N) is 1. The van der Waals surface area contributed by atoms with Gasteiger partial charge in [0.15, 0.2) is 0 Å². The molecule has 3 aliphatic carbocycles. The van der Waals surface area contributed by atoms with Gasteiger partial charge in [0.25, 0.3) is 0 Å². The maximum Gasteiger partial charge on any atom is 0.0136 e. The Kier molecular flexibility index (Phi) is 2.97. The number of nitrogens with zero attached hydrogens (tertiary/aromatic N) is 1. The van der Waals surface area contributed by atoms with E-state index in [1.165, 1.54) is 44.9 Å². The van der Waals surface area contributed by atoms with Crippen molar-refractivity contribution in [3.63, 3.8) is 0 Å². The van der Waals surface area contributed by atoms with E-state index in [9.17, 15) is 0 Å². The van der Waals surface area contributed by atoms with E-state index in [4.69, 9.17) is 5.73 Å². The molecular formula is C14H26N2. The van der Waals surface area contributed by atoms with Crippen LogP contribution in [0.4, 0.5) is 0 Å². The van der Waals surface area contributed by atoms with Crippen molar-refractivity contribution >= 4 is 0 Å². The second-order valence-corrected chi connectivity index (χ2v) is 6.40. The van der Waals surface area contributed by atoms with Gasteiger partial charge in [-0.2, -0.15) is 0 Å². The highest BCUT2D eigenvalue weighted by Gasteiger charge is 2.44. The van der Waals surface area contributed by atoms with Gasteiger partial charge in [-0.25, -0.2) is 0 Å². The molecular weight excluding hydrogens is 196 g/mol. The fraction of sp³-hybridized carbons (Fsp3) is 1.00. The Balaban J connectivity index is 1.66. The van der Waals surface area contributed by atoms with Crippen LogP contribution in [0.1, 0.15) is 44.9 Å². The molecule has 2 nitrogen and oxygen atoms in total. The van der Waals surface area contributed by atoms with Crippen molar-refractivity contribution in [3.8, 4) is 0 Å². The largest absolute Gasteiger partial charge is 0.330 e. The second kappa shape index (κ2) is 4.30. The molecule has 0 aromatic rings. The van der Waals surface area contributed by atoms with Gasteiger partial charge >= 0.3 is 0 Å². The van der Waals surface area contributed by atoms with Crippen LogP contribution < -0.4 is 5.73 Å². The summed E-state index contributed by atoms with van der Waals surface area (Å²) in [6, 6.07) is 1.70. The zero-order valence-corrected chi connectivity index (χ0v) is 10.6. The quantitative estimate of drug-likeness (QED) is 0.793. The lowest BCUT2D eigenvalue weighted by molar-refractivity contribution is 0.103. The summed E-state index contributed by atoms with van der Waals surface area (Å²) < 4.78 is 0. The predicted octanol–water partition coefficient (Wildman–Crippen LogP) is 2.23. The SMILES string of the molecule is CN(C1CCCC1CN)C1CC2CCC1C2. The highest BCUT2D eigenvalue weighted by Crippen LogP contribution is 2.47. The molecule has 92 valence electrons. The first-order chi connectivity index (χ1) is 7.79. The van der Waals surface area contributed by atoms with Gasteiger partial charge in [0.1, 0.15) is 0 Å². The van der Waals surface area contributed by atoms with Crippen LogP contribution in [0.3, 0.4) is 0 Å². The van der Waals surface area contributed by atoms with E-state index in [-0.39, 0.29) is 0 Å². The van der Waals surface area contributed by atoms with E-state index in [2.05, 4.69) is 11.9 Å². The molecule has 3 saturated carbocycles. The predicted molar refractivity (Wildman–Crippen MR) is 67.2 cm³/mol. The standard InChI is InChI=1S/C14H26N2/c1-16(13-4-2-3-12(13)9-15)14-8-10-5-6-11(14)7-10/h10-14H,2-9,15H2,1H3. The number of hydrogen-bond donors (Lipinski definition) is 1. The summed E-state index contributed by atoms with van der Waals surface area (Å²) in [5, 5.41) is 0. The Hall–Kier alpha value is -0.0800. The van der Waals surface area contributed by atoms with Crippen LogP contribution in [0.5, 0.6) is 0 Å². The van der Waals surface area contributed by atoms with Crippen LogP contribution in [-0.2, 0) is 0 Å². The molecule has 0 aromatic carbocycles. The van der Waals surface area contributed by atoms with Crippen LogP contribution in [-0.4, -0.2) is 30.6 Å². The molecule has 5 atom stereocenters. The zero-order chi connectivity index (χ0) is 11.1. The summed E-state index contributed by atoms with van der Waals surface area (Å²) in [5.41, 5.74) is 5.91. The Labute approximate surface area is 99.6 Å². The van der Waals surface area contributed by atoms with E-state index in [1.807, 2.05) is 0 Å². The first kappa shape index (κ1) is 11.0. The van der Waals surface area contributed by atoms with Gasteiger partial charge < -0.3 is 5.73 Å². The molecule has 2 bridgehead atoms. The number of rotatable bonds is 3. The highest BCUT2D eigenvalue weighted by atomic mass is 15.2. The zero-order valence-electron chi connectivity index (χ0n) is 10.6. The topological polar surface area (TPSA) is 29.3 Å². The summed E-state index contributed by atoms with van der Waals surface area (Å²) in [6.07, 6.45) is 10.2. The lowest BCUT2D eigenvalue weighted by atomic mass is 9.91. The van der Waals surface area contributed by atoms with Gasteiger partial charge in [-0.3, -0.25) is 4.90 Å². The van der Waals surface area contributed by atoms with E-state index in [0.29, 0.717) is 0 Å². The monoisotopic (exact) mass is 222 g/mol. The van der Waals surface area contributed by atoms with Crippen LogP contribution in [0, 0.1) is 17.8 Å². The van der Waals surface area contributed by atoms with Crippen molar-refractivity contribution in [1.29, 1.82) is 0 Å². The second-order valence-electron chi connectivity index (χ2n) is 6.40. The van der Waals surface area contributed by atoms with E-state index >= 15 is 0 Å². The Morgan fingerprint density at radius 1 is 1.06 bits per heavy atom. The first-order valence-corrected chi connectivity index (χ1v) is 7.21. The average molecular weight is 222 g/mol. The van der Waals surface area contributed by atoms with Crippen molar-refractivity contribution < 1.29 is 0 Å². The molecule has 0 heterocycles. The third-order valence-corrected chi connectivity index (χ3v) is 5.67. The third-order valence-electron chi connectivity index (χ3n) is 5.67. The first-order valence-electron chi connectivity index (χ1n) is 7.21. The highest BCUT2D eigenvalue weighted by molar-refractivity contribution is 4.98. The Morgan fingerprint density at radius 2 is 1.94 bits per heavy atom. The smallest absolute Gasteiger partial charge is 0.0136 e. The molecule has 0 aromatic heterocycles. The van der Waals surface area contributed by atoms with Gasteiger partial charge in [-0.1, -0.05) is 12.8 Å². The lowest BCUT2D eigenvalue weighted by Gasteiger charge is -2.38. The summed E-state index contributed by atoms with van der Waals surface area (Å²) >= 11 is 0. The maximum absolute atomic E-state index is 5.91. The molecule has 2 N–H and O–H groups in total. The summed E-state index contributed by atoms with van der Waals surface area (Å²) in [5.74, 6) is 2.87. The van der Waals surface area contributed by atoms with Gasteiger partial charge in [-0.15, -0.1) is 0 Å². The molecule has 0 spiro atoms. The van der Waals surface area contributed by atoms with Gasteiger partial charge in [0.05, 0.1) is 0 Å². The Bertz CT molecular complexity index is 247. The van der Waals surface area contributed by atoms with E-state index in [0.717, 1.165) is 36.4 Å². The van der Waals surface area contributed by atoms with Gasteiger partial charge in [0.2, 0.25) is 0 Å². The summed E-state index contributed by atoms with van der Waals surface area (Å²) in [7, 11) is 2.38. The number of hydrogen-bond acceptors (Lipinski definition) is 2. The van der Waals surface area contributed by atoms with Gasteiger partial charge in [0, 0.05) is 12.1 Å². The van der Waals surface area contributed by atoms with Crippen molar-refractivity contribution in [2.75, 3.05) is 13.6 Å². The molecule has 2 heteroatoms. The minimum absolute atomic E-state index is 0.782. The van der Waals surface area contributed by atoms with Gasteiger partial charge in [-0.05, 0) is 63.5 Å². The van der Waals surface area contributed by atoms with Crippen molar-refractivity contribution in [3.05, 3.63) is 0 Å². The molecule has 16 heavy (non-hydrogen) atoms. The van der Waals surface area contributed by atoms with Crippen LogP contribution >= 0.6 is 0 Å². The van der Waals surface area contributed by atoms with Crippen molar-refractivity contribution in [1.82, 2.24) is 4.90 Å². The minimum atomic E-state index is 0.782. The van der Waals surface area contributed by atoms with Crippen LogP contribution in [0.15, 0.2) is 0 Å². The third kappa shape index (κ3) is 1.70. The Morgan fingerprint density at radius 3 is 2.56 bits per heavy atom.